The van der Waals surface area contributed by atoms with Crippen LogP contribution in [0.4, 0.5) is 0 Å². The van der Waals surface area contributed by atoms with Crippen LogP contribution in [0.25, 0.3) is 22.9 Å². The van der Waals surface area contributed by atoms with Crippen molar-refractivity contribution in [1.29, 1.82) is 0 Å². The Morgan fingerprint density at radius 3 is 2.27 bits per heavy atom. The van der Waals surface area contributed by atoms with E-state index in [0.29, 0.717) is 24.1 Å². The molecule has 0 saturated carbocycles. The number of ether oxygens (including phenoxy) is 1. The van der Waals surface area contributed by atoms with Crippen LogP contribution in [0, 0.1) is 11.3 Å². The van der Waals surface area contributed by atoms with Crippen molar-refractivity contribution in [2.45, 2.75) is 91.6 Å². The molecule has 3 aromatic carbocycles. The molecule has 214 valence electrons. The molecule has 2 atom stereocenters. The zero-order valence-corrected chi connectivity index (χ0v) is 25.6. The largest absolute Gasteiger partial charge is 0.507 e. The standard InChI is InChI=1S/C37H49NO2/c1-25(2)34(31-19-20-35(39)32-17-11-10-16-30(31)32)23-37(6,7)40-28-15-9-8-13-26-14-12-18-29(33(26)21-28)27(24-38)22-36(3,4)5/h8,10-14,16-21,25,27,34,39H,9,15,22-24,38H2,1-7H3/b13-8-,28-21+. The molecule has 1 aliphatic rings. The van der Waals surface area contributed by atoms with Crippen LogP contribution in [0.5, 0.6) is 5.75 Å². The van der Waals surface area contributed by atoms with Crippen molar-refractivity contribution < 1.29 is 9.84 Å². The van der Waals surface area contributed by atoms with Gasteiger partial charge in [0.25, 0.3) is 0 Å². The number of allylic oxidation sites excluding steroid dienone is 2. The SMILES string of the molecule is CC(C)C(CC(C)(C)O/C1=C/c2c(cccc2C(CN)CC(C)(C)C)/C=C\CC1)c1ccc(O)c2ccccc12. The molecule has 0 spiro atoms. The number of fused-ring (bicyclic) bond motifs is 2. The maximum Gasteiger partial charge on any atom is 0.123 e. The van der Waals surface area contributed by atoms with Gasteiger partial charge in [0.05, 0.1) is 5.76 Å². The molecule has 1 aliphatic carbocycles. The molecular formula is C37H49NO2. The predicted molar refractivity (Wildman–Crippen MR) is 172 cm³/mol. The van der Waals surface area contributed by atoms with Gasteiger partial charge in [0.15, 0.2) is 0 Å². The second-order valence-corrected chi connectivity index (χ2v) is 13.7. The molecule has 3 nitrogen and oxygen atoms in total. The summed E-state index contributed by atoms with van der Waals surface area (Å²) >= 11 is 0. The first-order valence-corrected chi connectivity index (χ1v) is 15.0. The normalized spacial score (nSPS) is 17.9. The van der Waals surface area contributed by atoms with Crippen molar-refractivity contribution in [2.24, 2.45) is 17.1 Å². The van der Waals surface area contributed by atoms with Crippen molar-refractivity contribution in [3.05, 3.63) is 88.7 Å². The van der Waals surface area contributed by atoms with Crippen molar-refractivity contribution in [3.8, 4) is 5.75 Å². The van der Waals surface area contributed by atoms with Crippen LogP contribution < -0.4 is 5.73 Å². The van der Waals surface area contributed by atoms with Gasteiger partial charge in [-0.2, -0.15) is 0 Å². The molecule has 40 heavy (non-hydrogen) atoms. The highest BCUT2D eigenvalue weighted by atomic mass is 16.5. The van der Waals surface area contributed by atoms with Crippen LogP contribution >= 0.6 is 0 Å². The summed E-state index contributed by atoms with van der Waals surface area (Å²) in [6.45, 7) is 16.5. The number of hydrogen-bond donors (Lipinski definition) is 2. The third-order valence-corrected chi connectivity index (χ3v) is 8.17. The zero-order valence-electron chi connectivity index (χ0n) is 25.6. The van der Waals surface area contributed by atoms with Gasteiger partial charge in [0.2, 0.25) is 0 Å². The second kappa shape index (κ2) is 12.2. The highest BCUT2D eigenvalue weighted by molar-refractivity contribution is 5.91. The minimum atomic E-state index is -0.379. The maximum absolute atomic E-state index is 10.5. The maximum atomic E-state index is 10.5. The van der Waals surface area contributed by atoms with Crippen LogP contribution in [0.1, 0.15) is 108 Å². The highest BCUT2D eigenvalue weighted by Gasteiger charge is 2.30. The molecular weight excluding hydrogens is 490 g/mol. The first-order valence-electron chi connectivity index (χ1n) is 15.0. The molecule has 0 fully saturated rings. The lowest BCUT2D eigenvalue weighted by atomic mass is 9.78. The Bertz CT molecular complexity index is 1370. The van der Waals surface area contributed by atoms with Crippen molar-refractivity contribution in [2.75, 3.05) is 6.54 Å². The Kier molecular flexibility index (Phi) is 9.15. The van der Waals surface area contributed by atoms with Gasteiger partial charge in [0.1, 0.15) is 11.4 Å². The van der Waals surface area contributed by atoms with Gasteiger partial charge in [-0.05, 0) is 103 Å². The number of phenolic OH excluding ortho intramolecular Hbond substituents is 1. The summed E-state index contributed by atoms with van der Waals surface area (Å²) < 4.78 is 6.93. The van der Waals surface area contributed by atoms with E-state index >= 15 is 0 Å². The van der Waals surface area contributed by atoms with Crippen LogP contribution in [0.3, 0.4) is 0 Å². The highest BCUT2D eigenvalue weighted by Crippen LogP contribution is 2.41. The van der Waals surface area contributed by atoms with Gasteiger partial charge >= 0.3 is 0 Å². The van der Waals surface area contributed by atoms with E-state index in [-0.39, 0.29) is 16.9 Å². The predicted octanol–water partition coefficient (Wildman–Crippen LogP) is 9.80. The summed E-state index contributed by atoms with van der Waals surface area (Å²) in [5, 5.41) is 12.5. The van der Waals surface area contributed by atoms with Crippen LogP contribution in [-0.2, 0) is 4.74 Å². The van der Waals surface area contributed by atoms with Crippen molar-refractivity contribution in [3.63, 3.8) is 0 Å². The van der Waals surface area contributed by atoms with Gasteiger partial charge in [-0.1, -0.05) is 95.3 Å². The minimum Gasteiger partial charge on any atom is -0.507 e. The minimum absolute atomic E-state index is 0.194. The average Bonchev–Trinajstić information content (AvgIpc) is 2.87. The summed E-state index contributed by atoms with van der Waals surface area (Å²) in [7, 11) is 0. The second-order valence-electron chi connectivity index (χ2n) is 13.7. The molecule has 3 aromatic rings. The molecule has 0 amide bonds. The summed E-state index contributed by atoms with van der Waals surface area (Å²) in [4.78, 5) is 0. The topological polar surface area (TPSA) is 55.5 Å². The first kappa shape index (κ1) is 29.9. The number of benzene rings is 3. The molecule has 0 aliphatic heterocycles. The quantitative estimate of drug-likeness (QED) is 0.284. The molecule has 3 heteroatoms. The smallest absolute Gasteiger partial charge is 0.123 e. The molecule has 3 N–H and O–H groups in total. The van der Waals surface area contributed by atoms with Crippen LogP contribution in [0.2, 0.25) is 0 Å². The van der Waals surface area contributed by atoms with Gasteiger partial charge < -0.3 is 15.6 Å². The Morgan fingerprint density at radius 1 is 0.875 bits per heavy atom. The summed E-state index contributed by atoms with van der Waals surface area (Å²) in [5.74, 6) is 2.36. The number of aromatic hydroxyl groups is 1. The third kappa shape index (κ3) is 7.18. The summed E-state index contributed by atoms with van der Waals surface area (Å²) in [5.41, 5.74) is 11.2. The lowest BCUT2D eigenvalue weighted by Gasteiger charge is -2.35. The van der Waals surface area contributed by atoms with Crippen LogP contribution in [-0.4, -0.2) is 17.3 Å². The molecule has 0 saturated heterocycles. The number of hydrogen-bond acceptors (Lipinski definition) is 3. The molecule has 4 rings (SSSR count). The molecule has 0 aromatic heterocycles. The monoisotopic (exact) mass is 539 g/mol. The van der Waals surface area contributed by atoms with E-state index in [1.807, 2.05) is 18.2 Å². The van der Waals surface area contributed by atoms with Gasteiger partial charge in [-0.25, -0.2) is 0 Å². The number of phenols is 1. The fourth-order valence-electron chi connectivity index (χ4n) is 6.34. The van der Waals surface area contributed by atoms with Gasteiger partial charge in [0, 0.05) is 11.8 Å². The average molecular weight is 540 g/mol. The van der Waals surface area contributed by atoms with E-state index in [4.69, 9.17) is 10.5 Å². The number of rotatable bonds is 9. The van der Waals surface area contributed by atoms with E-state index in [0.717, 1.165) is 42.2 Å². The lowest BCUT2D eigenvalue weighted by Crippen LogP contribution is -2.29. The molecule has 0 bridgehead atoms. The first-order chi connectivity index (χ1) is 18.9. The summed E-state index contributed by atoms with van der Waals surface area (Å²) in [6.07, 6.45) is 10.5. The van der Waals surface area contributed by atoms with E-state index < -0.39 is 0 Å². The van der Waals surface area contributed by atoms with Crippen LogP contribution in [0.15, 0.2) is 66.4 Å². The molecule has 0 radical (unpaired) electrons. The number of nitrogens with two attached hydrogens (primary N) is 1. The van der Waals surface area contributed by atoms with Crippen molar-refractivity contribution in [1.82, 2.24) is 0 Å². The Balaban J connectivity index is 1.67. The Hall–Kier alpha value is -3.04. The van der Waals surface area contributed by atoms with E-state index in [1.54, 1.807) is 0 Å². The van der Waals surface area contributed by atoms with Gasteiger partial charge in [-0.15, -0.1) is 0 Å². The van der Waals surface area contributed by atoms with E-state index in [9.17, 15) is 5.11 Å². The fourth-order valence-corrected chi connectivity index (χ4v) is 6.34. The molecule has 2 unspecified atom stereocenters. The van der Waals surface area contributed by atoms with E-state index in [2.05, 4.69) is 103 Å². The van der Waals surface area contributed by atoms with E-state index in [1.165, 1.54) is 22.3 Å². The summed E-state index contributed by atoms with van der Waals surface area (Å²) in [6, 6.07) is 18.7. The zero-order chi connectivity index (χ0) is 29.1. The molecule has 0 heterocycles. The van der Waals surface area contributed by atoms with Crippen molar-refractivity contribution >= 4 is 22.9 Å². The third-order valence-electron chi connectivity index (χ3n) is 8.17. The Labute approximate surface area is 242 Å². The lowest BCUT2D eigenvalue weighted by molar-refractivity contribution is 0.0149. The van der Waals surface area contributed by atoms with Gasteiger partial charge in [-0.3, -0.25) is 0 Å². The Morgan fingerprint density at radius 2 is 1.60 bits per heavy atom. The fraction of sp³-hybridized carbons (Fsp3) is 0.459.